The highest BCUT2D eigenvalue weighted by molar-refractivity contribution is 6.08. The van der Waals surface area contributed by atoms with Crippen molar-refractivity contribution in [1.29, 1.82) is 0 Å². The molecular formula is C26H33NO13. The van der Waals surface area contributed by atoms with Crippen LogP contribution < -0.4 is 0 Å². The van der Waals surface area contributed by atoms with E-state index < -0.39 is 67.0 Å². The van der Waals surface area contributed by atoms with E-state index in [9.17, 15) is 28.8 Å². The number of rotatable bonds is 7. The van der Waals surface area contributed by atoms with Crippen LogP contribution in [0, 0.1) is 0 Å². The Hall–Kier alpha value is -3.94. The van der Waals surface area contributed by atoms with Crippen molar-refractivity contribution in [3.8, 4) is 0 Å². The fraction of sp³-hybridized carbons (Fsp3) is 0.615. The summed E-state index contributed by atoms with van der Waals surface area (Å²) >= 11 is 0. The van der Waals surface area contributed by atoms with Crippen molar-refractivity contribution in [3.63, 3.8) is 0 Å². The lowest BCUT2D eigenvalue weighted by Crippen LogP contribution is -2.63. The predicted molar refractivity (Wildman–Crippen MR) is 130 cm³/mol. The van der Waals surface area contributed by atoms with Crippen molar-refractivity contribution in [2.45, 2.75) is 85.1 Å². The van der Waals surface area contributed by atoms with Gasteiger partial charge in [0.1, 0.15) is 18.5 Å². The summed E-state index contributed by atoms with van der Waals surface area (Å²) in [6.07, 6.45) is -6.25. The number of carbonyl (C=O) groups excluding carboxylic acids is 6. The van der Waals surface area contributed by atoms with Gasteiger partial charge in [-0.2, -0.15) is 0 Å². The van der Waals surface area contributed by atoms with Gasteiger partial charge in [0.05, 0.1) is 0 Å². The van der Waals surface area contributed by atoms with Crippen LogP contribution in [0.5, 0.6) is 0 Å². The smallest absolute Gasteiger partial charge is 0.303 e. The molecule has 0 radical (unpaired) electrons. The van der Waals surface area contributed by atoms with E-state index in [1.54, 1.807) is 4.90 Å². The van der Waals surface area contributed by atoms with Crippen LogP contribution in [0.3, 0.4) is 0 Å². The van der Waals surface area contributed by atoms with Gasteiger partial charge in [-0.25, -0.2) is 0 Å². The van der Waals surface area contributed by atoms with Crippen LogP contribution in [-0.2, 0) is 61.9 Å². The third-order valence-electron chi connectivity index (χ3n) is 6.30. The van der Waals surface area contributed by atoms with Crippen LogP contribution in [-0.4, -0.2) is 90.9 Å². The van der Waals surface area contributed by atoms with Crippen LogP contribution >= 0.6 is 0 Å². The Morgan fingerprint density at radius 1 is 0.825 bits per heavy atom. The normalized spacial score (nSPS) is 26.6. The van der Waals surface area contributed by atoms with E-state index in [-0.39, 0.29) is 23.2 Å². The van der Waals surface area contributed by atoms with Crippen LogP contribution in [0.2, 0.25) is 0 Å². The standard InChI is InChI=1S/C26H33NO13/c1-12-21(20(33)22(35-12)18-7-9-27(10-8-18)13(2)28)40-26-25(38-17(6)32)24(37-16(5)31)23(36-15(4)30)19(39-26)11-34-14(3)29/h19,23-26H,7-11H2,1-6H3/t19-,23-,24+,25-,26+/m1/s1. The van der Waals surface area contributed by atoms with Crippen LogP contribution in [0.4, 0.5) is 0 Å². The number of carbonyl (C=O) groups is 6. The molecule has 0 spiro atoms. The van der Waals surface area contributed by atoms with E-state index in [0.717, 1.165) is 27.7 Å². The molecule has 0 N–H and O–H groups in total. The molecule has 14 nitrogen and oxygen atoms in total. The van der Waals surface area contributed by atoms with Gasteiger partial charge >= 0.3 is 23.9 Å². The molecule has 220 valence electrons. The third kappa shape index (κ3) is 7.37. The van der Waals surface area contributed by atoms with Crippen molar-refractivity contribution in [3.05, 3.63) is 22.9 Å². The first-order valence-electron chi connectivity index (χ1n) is 12.7. The summed E-state index contributed by atoms with van der Waals surface area (Å²) in [6, 6.07) is 0. The zero-order chi connectivity index (χ0) is 29.7. The number of hydrogen-bond acceptors (Lipinski definition) is 13. The molecule has 0 aromatic carbocycles. The fourth-order valence-corrected chi connectivity index (χ4v) is 4.60. The Morgan fingerprint density at radius 3 is 1.90 bits per heavy atom. The number of piperidine rings is 1. The lowest BCUT2D eigenvalue weighted by molar-refractivity contribution is -0.299. The molecule has 0 saturated carbocycles. The summed E-state index contributed by atoms with van der Waals surface area (Å²) in [4.78, 5) is 74.1. The number of hydrogen-bond donors (Lipinski definition) is 0. The van der Waals surface area contributed by atoms with E-state index in [2.05, 4.69) is 0 Å². The number of ketones is 1. The van der Waals surface area contributed by atoms with E-state index >= 15 is 0 Å². The number of nitrogens with zero attached hydrogens (tertiary/aromatic N) is 1. The fourth-order valence-electron chi connectivity index (χ4n) is 4.60. The summed E-state index contributed by atoms with van der Waals surface area (Å²) in [7, 11) is 0. The Labute approximate surface area is 230 Å². The summed E-state index contributed by atoms with van der Waals surface area (Å²) < 4.78 is 38.7. The zero-order valence-corrected chi connectivity index (χ0v) is 23.2. The molecule has 5 atom stereocenters. The van der Waals surface area contributed by atoms with Crippen LogP contribution in [0.1, 0.15) is 54.4 Å². The van der Waals surface area contributed by atoms with E-state index in [1.165, 1.54) is 13.8 Å². The molecule has 0 bridgehead atoms. The van der Waals surface area contributed by atoms with Gasteiger partial charge in [-0.15, -0.1) is 0 Å². The van der Waals surface area contributed by atoms with Gasteiger partial charge in [-0.05, 0) is 25.3 Å². The summed E-state index contributed by atoms with van der Waals surface area (Å²) in [5, 5.41) is 0. The van der Waals surface area contributed by atoms with E-state index in [4.69, 9.17) is 33.2 Å². The number of likely N-dealkylation sites (tertiary alicyclic amines) is 1. The molecule has 2 fully saturated rings. The minimum absolute atomic E-state index is 0.0651. The first-order valence-corrected chi connectivity index (χ1v) is 12.7. The Balaban J connectivity index is 1.93. The van der Waals surface area contributed by atoms with Gasteiger partial charge in [-0.3, -0.25) is 28.8 Å². The molecule has 1 amide bonds. The van der Waals surface area contributed by atoms with Crippen molar-refractivity contribution < 1.29 is 61.9 Å². The zero-order valence-electron chi connectivity index (χ0n) is 23.2. The van der Waals surface area contributed by atoms with E-state index in [1.807, 2.05) is 0 Å². The first-order chi connectivity index (χ1) is 18.8. The summed E-state index contributed by atoms with van der Waals surface area (Å²) in [5.74, 6) is -3.76. The molecule has 3 heterocycles. The number of allylic oxidation sites excluding steroid dienone is 1. The molecule has 3 rings (SSSR count). The molecular weight excluding hydrogens is 534 g/mol. The second-order valence-corrected chi connectivity index (χ2v) is 9.44. The minimum atomic E-state index is -1.57. The molecule has 0 aromatic rings. The number of Topliss-reactive ketones (excluding diaryl/α,β-unsaturated/α-hetero) is 1. The van der Waals surface area contributed by atoms with Crippen molar-refractivity contribution >= 4 is 35.6 Å². The van der Waals surface area contributed by atoms with Crippen molar-refractivity contribution in [1.82, 2.24) is 4.90 Å². The minimum Gasteiger partial charge on any atom is -0.463 e. The highest BCUT2D eigenvalue weighted by Crippen LogP contribution is 2.36. The van der Waals surface area contributed by atoms with Crippen LogP contribution in [0.25, 0.3) is 0 Å². The lowest BCUT2D eigenvalue weighted by Gasteiger charge is -2.43. The average Bonchev–Trinajstić information content (AvgIpc) is 3.13. The SMILES string of the molecule is CC(=O)OC[C@H]1O[C@@H](OC2=C(C)OC(=C3CCN(C(C)=O)CC3)C2=O)[C@H](OC(C)=O)[C@@H](OC(C)=O)[C@@H]1OC(C)=O. The Morgan fingerprint density at radius 2 is 1.38 bits per heavy atom. The second-order valence-electron chi connectivity index (χ2n) is 9.44. The topological polar surface area (TPSA) is 170 Å². The van der Waals surface area contributed by atoms with Gasteiger partial charge in [0.2, 0.25) is 24.1 Å². The first kappa shape index (κ1) is 30.6. The van der Waals surface area contributed by atoms with Crippen molar-refractivity contribution in [2.75, 3.05) is 19.7 Å². The number of amides is 1. The predicted octanol–water partition coefficient (Wildman–Crippen LogP) is 0.813. The number of esters is 4. The molecule has 0 unspecified atom stereocenters. The summed E-state index contributed by atoms with van der Waals surface area (Å²) in [5.41, 5.74) is 0.710. The average molecular weight is 568 g/mol. The summed E-state index contributed by atoms with van der Waals surface area (Å²) in [6.45, 7) is 7.84. The third-order valence-corrected chi connectivity index (χ3v) is 6.30. The lowest BCUT2D eigenvalue weighted by atomic mass is 9.98. The Bertz CT molecular complexity index is 1130. The molecule has 14 heteroatoms. The molecule has 3 aliphatic rings. The monoisotopic (exact) mass is 567 g/mol. The van der Waals surface area contributed by atoms with Gasteiger partial charge in [0.25, 0.3) is 5.78 Å². The molecule has 40 heavy (non-hydrogen) atoms. The highest BCUT2D eigenvalue weighted by Gasteiger charge is 2.54. The maximum atomic E-state index is 13.4. The van der Waals surface area contributed by atoms with E-state index in [0.29, 0.717) is 31.5 Å². The Kier molecular flexibility index (Phi) is 9.90. The number of ether oxygens (including phenoxy) is 7. The second kappa shape index (κ2) is 12.9. The maximum absolute atomic E-state index is 13.4. The van der Waals surface area contributed by atoms with Crippen molar-refractivity contribution in [2.24, 2.45) is 0 Å². The van der Waals surface area contributed by atoms with Gasteiger partial charge in [0, 0.05) is 47.7 Å². The largest absolute Gasteiger partial charge is 0.463 e. The van der Waals surface area contributed by atoms with Crippen LogP contribution in [0.15, 0.2) is 22.9 Å². The molecule has 3 aliphatic heterocycles. The molecule has 0 aromatic heterocycles. The maximum Gasteiger partial charge on any atom is 0.303 e. The van der Waals surface area contributed by atoms with Gasteiger partial charge in [0.15, 0.2) is 18.0 Å². The molecule has 0 aliphatic carbocycles. The van der Waals surface area contributed by atoms with Gasteiger partial charge in [-0.1, -0.05) is 0 Å². The van der Waals surface area contributed by atoms with Gasteiger partial charge < -0.3 is 38.1 Å². The quantitative estimate of drug-likeness (QED) is 0.241. The molecule has 2 saturated heterocycles. The highest BCUT2D eigenvalue weighted by atomic mass is 16.7.